The second-order valence-corrected chi connectivity index (χ2v) is 12.4. The molecule has 8 nitrogen and oxygen atoms in total. The van der Waals surface area contributed by atoms with E-state index in [0.717, 1.165) is 6.42 Å². The van der Waals surface area contributed by atoms with Gasteiger partial charge in [-0.15, -0.1) is 0 Å². The molecule has 2 N–H and O–H groups in total. The Morgan fingerprint density at radius 3 is 2.46 bits per heavy atom. The summed E-state index contributed by atoms with van der Waals surface area (Å²) < 4.78 is 0. The number of amides is 4. The Bertz CT molecular complexity index is 1290. The van der Waals surface area contributed by atoms with Gasteiger partial charge in [0, 0.05) is 50.1 Å². The number of nitrogens with zero attached hydrogens (tertiary/aromatic N) is 2. The molecule has 2 aliphatic heterocycles. The number of hydrogen-bond donors (Lipinski definition) is 2. The Morgan fingerprint density at radius 2 is 1.83 bits per heavy atom. The molecule has 0 aromatic heterocycles. The van der Waals surface area contributed by atoms with E-state index in [0.29, 0.717) is 48.1 Å². The highest BCUT2D eigenvalue weighted by Gasteiger charge is 2.45. The summed E-state index contributed by atoms with van der Waals surface area (Å²) in [5, 5.41) is 7.03. The number of hydrogen-bond acceptors (Lipinski definition) is 5. The second kappa shape index (κ2) is 13.4. The molecule has 0 unspecified atom stereocenters. The molecule has 41 heavy (non-hydrogen) atoms. The van der Waals surface area contributed by atoms with Gasteiger partial charge < -0.3 is 15.5 Å². The summed E-state index contributed by atoms with van der Waals surface area (Å²) in [6.45, 7) is 7.19. The first-order chi connectivity index (χ1) is 19.5. The molecule has 4 amide bonds. The number of carbonyl (C=O) groups excluding carboxylic acids is 4. The molecule has 0 radical (unpaired) electrons. The van der Waals surface area contributed by atoms with Gasteiger partial charge in [-0.25, -0.2) is 0 Å². The molecule has 2 fully saturated rings. The van der Waals surface area contributed by atoms with Crippen LogP contribution in [-0.4, -0.2) is 71.7 Å². The Kier molecular flexibility index (Phi) is 10.1. The van der Waals surface area contributed by atoms with Gasteiger partial charge in [-0.05, 0) is 43.0 Å². The monoisotopic (exact) mass is 600 g/mol. The summed E-state index contributed by atoms with van der Waals surface area (Å²) in [5.74, 6) is -0.593. The zero-order valence-corrected chi connectivity index (χ0v) is 25.3. The van der Waals surface area contributed by atoms with E-state index in [1.807, 2.05) is 23.1 Å². The summed E-state index contributed by atoms with van der Waals surface area (Å²) in [5.41, 5.74) is 0.841. The van der Waals surface area contributed by atoms with E-state index in [2.05, 4.69) is 29.7 Å². The first kappa shape index (κ1) is 31.0. The van der Waals surface area contributed by atoms with Crippen LogP contribution in [0, 0.1) is 5.41 Å². The molecule has 10 heteroatoms. The molecule has 0 spiro atoms. The standard InChI is InChI=1S/C31H38Cl2N4O4/c1-4-20(21-8-6-5-7-9-21)19-36-14-12-23(18-34-28(39)22-10-11-24(32)25(33)16-22)35-26(29(36)40)13-15-37-27(38)17-31(2,3)30(37)41/h5-11,16,20,23,26,35H,4,12-15,17-19H2,1-3H3,(H,34,39)/t20-,23+,26+/m1/s1. The lowest BCUT2D eigenvalue weighted by atomic mass is 9.92. The largest absolute Gasteiger partial charge is 0.350 e. The van der Waals surface area contributed by atoms with Crippen LogP contribution in [0.5, 0.6) is 0 Å². The van der Waals surface area contributed by atoms with Crippen molar-refractivity contribution >= 4 is 46.8 Å². The number of nitrogens with one attached hydrogen (secondary N) is 2. The van der Waals surface area contributed by atoms with Crippen LogP contribution in [0.1, 0.15) is 68.3 Å². The number of rotatable bonds is 10. The molecular weight excluding hydrogens is 563 g/mol. The SMILES string of the molecule is CC[C@H](CN1CC[C@@H](CNC(=O)c2ccc(Cl)c(Cl)c2)N[C@@H](CCN2C(=O)CC(C)(C)C2=O)C1=O)c1ccccc1. The maximum Gasteiger partial charge on any atom is 0.251 e. The number of imide groups is 1. The Hall–Kier alpha value is -2.94. The molecule has 2 aromatic rings. The third kappa shape index (κ3) is 7.48. The van der Waals surface area contributed by atoms with Crippen molar-refractivity contribution in [2.75, 3.05) is 26.2 Å². The van der Waals surface area contributed by atoms with Crippen LogP contribution < -0.4 is 10.6 Å². The van der Waals surface area contributed by atoms with Gasteiger partial charge in [0.25, 0.3) is 5.91 Å². The van der Waals surface area contributed by atoms with Gasteiger partial charge in [-0.3, -0.25) is 24.1 Å². The average molecular weight is 602 g/mol. The normalized spacial score (nSPS) is 21.6. The Morgan fingerprint density at radius 1 is 1.10 bits per heavy atom. The van der Waals surface area contributed by atoms with Gasteiger partial charge in [-0.2, -0.15) is 0 Å². The number of benzene rings is 2. The quantitative estimate of drug-likeness (QED) is 0.387. The summed E-state index contributed by atoms with van der Waals surface area (Å²) in [7, 11) is 0. The first-order valence-electron chi connectivity index (χ1n) is 14.2. The summed E-state index contributed by atoms with van der Waals surface area (Å²) in [6.07, 6.45) is 1.97. The van der Waals surface area contributed by atoms with Crippen LogP contribution >= 0.6 is 23.2 Å². The van der Waals surface area contributed by atoms with E-state index in [1.54, 1.807) is 26.0 Å². The second-order valence-electron chi connectivity index (χ2n) is 11.5. The fraction of sp³-hybridized carbons (Fsp3) is 0.484. The molecule has 2 aromatic carbocycles. The predicted molar refractivity (Wildman–Crippen MR) is 160 cm³/mol. The van der Waals surface area contributed by atoms with E-state index < -0.39 is 11.5 Å². The fourth-order valence-corrected chi connectivity index (χ4v) is 5.86. The highest BCUT2D eigenvalue weighted by Crippen LogP contribution is 2.32. The van der Waals surface area contributed by atoms with Crippen molar-refractivity contribution in [1.29, 1.82) is 0 Å². The number of likely N-dealkylation sites (tertiary alicyclic amines) is 1. The van der Waals surface area contributed by atoms with Crippen molar-refractivity contribution in [3.63, 3.8) is 0 Å². The minimum atomic E-state index is -0.731. The fourth-order valence-electron chi connectivity index (χ4n) is 5.56. The molecule has 220 valence electrons. The van der Waals surface area contributed by atoms with Crippen LogP contribution in [-0.2, 0) is 14.4 Å². The minimum Gasteiger partial charge on any atom is -0.350 e. The third-order valence-corrected chi connectivity index (χ3v) is 8.79. The topological polar surface area (TPSA) is 98.8 Å². The van der Waals surface area contributed by atoms with Crippen LogP contribution in [0.4, 0.5) is 0 Å². The Labute approximate surface area is 251 Å². The zero-order chi connectivity index (χ0) is 29.7. The van der Waals surface area contributed by atoms with Gasteiger partial charge in [0.05, 0.1) is 21.5 Å². The summed E-state index contributed by atoms with van der Waals surface area (Å²) >= 11 is 12.1. The molecule has 2 aliphatic rings. The van der Waals surface area contributed by atoms with Gasteiger partial charge >= 0.3 is 0 Å². The van der Waals surface area contributed by atoms with Crippen molar-refractivity contribution in [3.05, 3.63) is 69.7 Å². The van der Waals surface area contributed by atoms with Crippen molar-refractivity contribution in [2.24, 2.45) is 5.41 Å². The van der Waals surface area contributed by atoms with Crippen LogP contribution in [0.25, 0.3) is 0 Å². The number of halogens is 2. The lowest BCUT2D eigenvalue weighted by Gasteiger charge is -2.29. The summed E-state index contributed by atoms with van der Waals surface area (Å²) in [4.78, 5) is 55.2. The molecule has 0 bridgehead atoms. The van der Waals surface area contributed by atoms with Crippen molar-refractivity contribution in [2.45, 2.75) is 64.5 Å². The van der Waals surface area contributed by atoms with Gasteiger partial charge in [0.15, 0.2) is 0 Å². The van der Waals surface area contributed by atoms with Crippen LogP contribution in [0.3, 0.4) is 0 Å². The van der Waals surface area contributed by atoms with Gasteiger partial charge in [0.1, 0.15) is 0 Å². The maximum atomic E-state index is 13.9. The van der Waals surface area contributed by atoms with Crippen molar-refractivity contribution in [1.82, 2.24) is 20.4 Å². The van der Waals surface area contributed by atoms with Crippen LogP contribution in [0.15, 0.2) is 48.5 Å². The molecule has 4 rings (SSSR count). The molecular formula is C31H38Cl2N4O4. The van der Waals surface area contributed by atoms with Crippen LogP contribution in [0.2, 0.25) is 10.0 Å². The van der Waals surface area contributed by atoms with E-state index in [1.165, 1.54) is 16.5 Å². The van der Waals surface area contributed by atoms with E-state index in [4.69, 9.17) is 23.2 Å². The zero-order valence-electron chi connectivity index (χ0n) is 23.8. The van der Waals surface area contributed by atoms with E-state index >= 15 is 0 Å². The van der Waals surface area contributed by atoms with Crippen molar-refractivity contribution < 1.29 is 19.2 Å². The summed E-state index contributed by atoms with van der Waals surface area (Å²) in [6, 6.07) is 14.1. The third-order valence-electron chi connectivity index (χ3n) is 8.05. The van der Waals surface area contributed by atoms with Crippen molar-refractivity contribution in [3.8, 4) is 0 Å². The van der Waals surface area contributed by atoms with Gasteiger partial charge in [-0.1, -0.05) is 74.3 Å². The Balaban J connectivity index is 1.48. The lowest BCUT2D eigenvalue weighted by Crippen LogP contribution is -2.50. The molecule has 2 saturated heterocycles. The number of carbonyl (C=O) groups is 4. The molecule has 0 saturated carbocycles. The highest BCUT2D eigenvalue weighted by molar-refractivity contribution is 6.42. The minimum absolute atomic E-state index is 0.0592. The first-order valence-corrected chi connectivity index (χ1v) is 14.9. The maximum absolute atomic E-state index is 13.9. The predicted octanol–water partition coefficient (Wildman–Crippen LogP) is 4.65. The molecule has 3 atom stereocenters. The molecule has 2 heterocycles. The highest BCUT2D eigenvalue weighted by atomic mass is 35.5. The average Bonchev–Trinajstić information content (AvgIpc) is 3.05. The lowest BCUT2D eigenvalue weighted by molar-refractivity contribution is -0.142. The van der Waals surface area contributed by atoms with E-state index in [9.17, 15) is 19.2 Å². The smallest absolute Gasteiger partial charge is 0.251 e. The van der Waals surface area contributed by atoms with Gasteiger partial charge in [0.2, 0.25) is 17.7 Å². The van der Waals surface area contributed by atoms with E-state index in [-0.39, 0.29) is 48.6 Å². The molecule has 0 aliphatic carbocycles.